The average Bonchev–Trinajstić information content (AvgIpc) is 1.70. The summed E-state index contributed by atoms with van der Waals surface area (Å²) >= 11 is -8.44. The second kappa shape index (κ2) is 36.4. The number of rotatable bonds is 36. The molecule has 4 N–H and O–H groups in total. The van der Waals surface area contributed by atoms with Crippen molar-refractivity contribution in [3.8, 4) is 23.0 Å². The molecule has 0 radical (unpaired) electrons. The van der Waals surface area contributed by atoms with Crippen LogP contribution < -0.4 is 0 Å². The van der Waals surface area contributed by atoms with E-state index in [1.54, 1.807) is 0 Å². The van der Waals surface area contributed by atoms with Crippen molar-refractivity contribution in [2.24, 2.45) is 0 Å². The molecule has 0 amide bonds. The van der Waals surface area contributed by atoms with E-state index in [2.05, 4.69) is 83.1 Å². The third kappa shape index (κ3) is 21.1. The zero-order chi connectivity index (χ0) is 64.7. The van der Waals surface area contributed by atoms with E-state index in [1.807, 2.05) is 48.5 Å². The number of carbonyl (C=O) groups excluding carboxylic acids is 4. The topological polar surface area (TPSA) is 186 Å². The molecule has 88 heavy (non-hydrogen) atoms. The summed E-state index contributed by atoms with van der Waals surface area (Å²) in [5, 5.41) is 67.8. The molecule has 0 saturated carbocycles. The summed E-state index contributed by atoms with van der Waals surface area (Å²) in [6.07, 6.45) is 3.50. The van der Waals surface area contributed by atoms with Gasteiger partial charge in [0.25, 0.3) is 0 Å². The number of fused-ring (bicyclic) bond motifs is 8. The Balaban J connectivity index is 1.61. The van der Waals surface area contributed by atoms with Crippen LogP contribution >= 0.6 is 0 Å². The van der Waals surface area contributed by atoms with Gasteiger partial charge in [0.15, 0.2) is 0 Å². The normalized spacial score (nSPS) is 12.9. The van der Waals surface area contributed by atoms with Crippen LogP contribution in [0.3, 0.4) is 0 Å². The Morgan fingerprint density at radius 2 is 0.443 bits per heavy atom. The molecular weight excluding hydrogens is 1350 g/mol. The number of carbonyl (C=O) groups is 4. The molecule has 0 spiro atoms. The molecule has 5 rings (SSSR count). The minimum atomic E-state index is -2.11. The third-order valence-corrected chi connectivity index (χ3v) is 70.7. The van der Waals surface area contributed by atoms with Gasteiger partial charge in [0, 0.05) is 0 Å². The van der Waals surface area contributed by atoms with E-state index in [9.17, 15) is 39.6 Å². The van der Waals surface area contributed by atoms with Gasteiger partial charge in [0.1, 0.15) is 0 Å². The number of benzene rings is 4. The number of esters is 4. The Bertz CT molecular complexity index is 2410. The van der Waals surface area contributed by atoms with Gasteiger partial charge in [-0.25, -0.2) is 0 Å². The molecule has 0 fully saturated rings. The molecule has 16 heteroatoms. The summed E-state index contributed by atoms with van der Waals surface area (Å²) in [5.41, 5.74) is 7.46. The van der Waals surface area contributed by atoms with E-state index in [-0.39, 0.29) is 99.0 Å². The fraction of sp³-hybridized carbons (Fsp3) is 0.611. The molecule has 0 aromatic heterocycles. The average molecular weight is 1460 g/mol. The van der Waals surface area contributed by atoms with E-state index < -0.39 is 53.1 Å². The summed E-state index contributed by atoms with van der Waals surface area (Å²) < 4.78 is 23.7. The van der Waals surface area contributed by atoms with Crippen LogP contribution in [0.2, 0.25) is 84.1 Å². The molecule has 1 aliphatic carbocycles. The van der Waals surface area contributed by atoms with Gasteiger partial charge in [-0.3, -0.25) is 0 Å². The van der Waals surface area contributed by atoms with Crippen molar-refractivity contribution >= 4 is 76.9 Å². The number of phenols is 4. The van der Waals surface area contributed by atoms with Crippen LogP contribution in [0.4, 0.5) is 0 Å². The van der Waals surface area contributed by atoms with Gasteiger partial charge in [0.2, 0.25) is 0 Å². The Kier molecular flexibility index (Phi) is 31.0. The Morgan fingerprint density at radius 3 is 0.580 bits per heavy atom. The molecule has 0 unspecified atom stereocenters. The summed E-state index contributed by atoms with van der Waals surface area (Å²) in [4.78, 5) is 53.2. The Hall–Kier alpha value is -3.87. The number of phenolic OH excluding ortho intramolecular Hbond substituents is 4. The first-order valence-electron chi connectivity index (χ1n) is 34.1. The van der Waals surface area contributed by atoms with Crippen molar-refractivity contribution in [3.05, 3.63) is 115 Å². The van der Waals surface area contributed by atoms with Crippen LogP contribution in [0, 0.1) is 0 Å². The van der Waals surface area contributed by atoms with E-state index in [0.29, 0.717) is 95.9 Å². The van der Waals surface area contributed by atoms with Crippen molar-refractivity contribution in [1.29, 1.82) is 0 Å². The molecule has 12 nitrogen and oxygen atoms in total. The third-order valence-electron chi connectivity index (χ3n) is 21.9. The summed E-state index contributed by atoms with van der Waals surface area (Å²) in [5.74, 6) is -0.798. The molecule has 0 atom stereocenters. The monoisotopic (exact) mass is 1460 g/mol. The second-order valence-electron chi connectivity index (χ2n) is 25.9. The molecule has 0 saturated heterocycles. The van der Waals surface area contributed by atoms with Crippen molar-refractivity contribution in [2.75, 3.05) is 26.4 Å². The quantitative estimate of drug-likeness (QED) is 0.0169. The Morgan fingerprint density at radius 1 is 0.295 bits per heavy atom. The van der Waals surface area contributed by atoms with Crippen LogP contribution in [0.15, 0.2) is 48.5 Å². The summed E-state index contributed by atoms with van der Waals surface area (Å²) in [6.45, 7) is 27.7. The fourth-order valence-corrected chi connectivity index (χ4v) is 41.5. The van der Waals surface area contributed by atoms with Gasteiger partial charge in [-0.1, -0.05) is 0 Å². The number of hydrogen-bond donors (Lipinski definition) is 4. The Labute approximate surface area is 540 Å². The standard InChI is InChI=1S/C72H112Ge4O12/c1-13-73(14-2,15-3)33-25-65(77)85-37-29-53-41-57-49-59-43-54(30-38-86-66(78)26-34-74(16-4,17-5)18-6)45-61(70(59)82)51-63-47-56(32-40-88-68(80)28-36-76(22-10,23-11)24-12)48-64(72(63)84)52-62-46-55(44-60(71(62)83)50-58(42-53)69(57)81)31-39-87-67(79)27-35-75(19-7,20-8)21-9/h41-48,81-84H,13-40,49-52H2,1-12H3. The van der Waals surface area contributed by atoms with E-state index in [4.69, 9.17) is 18.9 Å². The van der Waals surface area contributed by atoms with Crippen molar-refractivity contribution in [1.82, 2.24) is 0 Å². The predicted octanol–water partition coefficient (Wildman–Crippen LogP) is 17.1. The van der Waals surface area contributed by atoms with E-state index in [1.165, 1.54) is 63.0 Å². The first kappa shape index (κ1) is 74.9. The number of aromatic hydroxyl groups is 4. The molecule has 8 bridgehead atoms. The SMILES string of the molecule is C[CH2][Ge]([CH2]C)([CH2]C)[CH2]CC(=O)OCCc1cc2c(O)c(c1)Cc1cc(CCOC(=O)C[CH2][Ge]([CH2]C)([CH2]C)[CH2]C)cc(c1O)Cc1cc(CCOC(=O)C[CH2][Ge]([CH2]C)([CH2]C)[CH2]C)cc(c1O)Cc1cc(CCOC(=O)C[CH2][Ge]([CH2]C)([CH2]C)[CH2]C)cc(c1O)C2. The van der Waals surface area contributed by atoms with E-state index >= 15 is 0 Å². The van der Waals surface area contributed by atoms with Crippen molar-refractivity contribution < 1.29 is 58.6 Å². The predicted molar refractivity (Wildman–Crippen MR) is 369 cm³/mol. The van der Waals surface area contributed by atoms with Crippen LogP contribution in [0.1, 0.15) is 176 Å². The summed E-state index contributed by atoms with van der Waals surface area (Å²) in [7, 11) is 0. The molecule has 0 heterocycles. The van der Waals surface area contributed by atoms with Gasteiger partial charge in [-0.05, 0) is 0 Å². The van der Waals surface area contributed by atoms with Crippen LogP contribution in [0.5, 0.6) is 23.0 Å². The molecular formula is C72H112Ge4O12. The first-order chi connectivity index (χ1) is 42.1. The van der Waals surface area contributed by atoms with Crippen molar-refractivity contribution in [3.63, 3.8) is 0 Å². The minimum absolute atomic E-state index is 0.00534. The molecule has 488 valence electrons. The van der Waals surface area contributed by atoms with Crippen LogP contribution in [-0.2, 0) is 89.5 Å². The number of ether oxygens (including phenoxy) is 4. The van der Waals surface area contributed by atoms with Gasteiger partial charge in [0.05, 0.1) is 0 Å². The van der Waals surface area contributed by atoms with Gasteiger partial charge < -0.3 is 0 Å². The molecule has 4 aromatic carbocycles. The molecule has 1 aliphatic rings. The zero-order valence-electron chi connectivity index (χ0n) is 56.3. The van der Waals surface area contributed by atoms with Crippen LogP contribution in [0.25, 0.3) is 0 Å². The van der Waals surface area contributed by atoms with E-state index in [0.717, 1.165) is 43.3 Å². The summed E-state index contributed by atoms with van der Waals surface area (Å²) in [6, 6.07) is 15.2. The fourth-order valence-electron chi connectivity index (χ4n) is 13.8. The van der Waals surface area contributed by atoms with Crippen LogP contribution in [-0.4, -0.2) is 124 Å². The zero-order valence-corrected chi connectivity index (χ0v) is 64.7. The van der Waals surface area contributed by atoms with Gasteiger partial charge in [-0.15, -0.1) is 0 Å². The second-order valence-corrected chi connectivity index (χ2v) is 73.1. The van der Waals surface area contributed by atoms with Gasteiger partial charge >= 0.3 is 544 Å². The van der Waals surface area contributed by atoms with Gasteiger partial charge in [-0.2, -0.15) is 0 Å². The maximum atomic E-state index is 13.3. The molecule has 4 aromatic rings. The first-order valence-corrected chi connectivity index (χ1v) is 57.8. The van der Waals surface area contributed by atoms with Crippen molar-refractivity contribution in [2.45, 2.75) is 244 Å². The maximum absolute atomic E-state index is 13.3. The molecule has 0 aliphatic heterocycles. The number of hydrogen-bond acceptors (Lipinski definition) is 12.